The van der Waals surface area contributed by atoms with Gasteiger partial charge < -0.3 is 4.98 Å². The van der Waals surface area contributed by atoms with Gasteiger partial charge in [0.25, 0.3) is 11.2 Å². The lowest BCUT2D eigenvalue weighted by Crippen LogP contribution is -2.09. The summed E-state index contributed by atoms with van der Waals surface area (Å²) in [5, 5.41) is 11.5. The molecule has 1 aromatic carbocycles. The third-order valence-corrected chi connectivity index (χ3v) is 4.31. The van der Waals surface area contributed by atoms with Gasteiger partial charge in [-0.05, 0) is 24.6 Å². The Labute approximate surface area is 127 Å². The molecule has 0 aliphatic heterocycles. The molecule has 0 bridgehead atoms. The number of nitrogens with one attached hydrogen (secondary N) is 1. The lowest BCUT2D eigenvalue weighted by Gasteiger charge is -2.01. The molecule has 0 saturated heterocycles. The first kappa shape index (κ1) is 13.9. The molecule has 0 radical (unpaired) electrons. The standard InChI is InChI=1S/C14H8N4O3S/c1-7-10-12(19)16-11(17-14(10)22-13(7)15-2)8-3-5-9(6-4-8)18(20)21/h3-6H,1H3,(H,16,17,19). The van der Waals surface area contributed by atoms with Gasteiger partial charge in [-0.25, -0.2) is 9.83 Å². The summed E-state index contributed by atoms with van der Waals surface area (Å²) >= 11 is 1.16. The molecule has 0 spiro atoms. The molecule has 3 rings (SSSR count). The molecule has 0 unspecified atom stereocenters. The average molecular weight is 312 g/mol. The van der Waals surface area contributed by atoms with E-state index in [4.69, 9.17) is 6.57 Å². The van der Waals surface area contributed by atoms with Crippen LogP contribution in [-0.4, -0.2) is 14.9 Å². The predicted octanol–water partition coefficient (Wildman–Crippen LogP) is 3.42. The van der Waals surface area contributed by atoms with Crippen molar-refractivity contribution < 1.29 is 4.92 Å². The van der Waals surface area contributed by atoms with Gasteiger partial charge in [0.1, 0.15) is 10.7 Å². The quantitative estimate of drug-likeness (QED) is 0.445. The summed E-state index contributed by atoms with van der Waals surface area (Å²) < 4.78 is 0. The Morgan fingerprint density at radius 2 is 2.05 bits per heavy atom. The molecule has 0 amide bonds. The number of aromatic amines is 1. The van der Waals surface area contributed by atoms with Crippen molar-refractivity contribution in [1.82, 2.24) is 9.97 Å². The molecule has 2 aromatic heterocycles. The Morgan fingerprint density at radius 3 is 2.64 bits per heavy atom. The molecular formula is C14H8N4O3S. The van der Waals surface area contributed by atoms with Crippen molar-refractivity contribution in [2.75, 3.05) is 0 Å². The summed E-state index contributed by atoms with van der Waals surface area (Å²) in [5.41, 5.74) is 0.843. The average Bonchev–Trinajstić information content (AvgIpc) is 2.84. The number of hydrogen-bond donors (Lipinski definition) is 1. The molecule has 1 N–H and O–H groups in total. The minimum Gasteiger partial charge on any atom is -0.306 e. The summed E-state index contributed by atoms with van der Waals surface area (Å²) in [6, 6.07) is 5.75. The fraction of sp³-hybridized carbons (Fsp3) is 0.0714. The van der Waals surface area contributed by atoms with E-state index >= 15 is 0 Å². The highest BCUT2D eigenvalue weighted by molar-refractivity contribution is 7.22. The third-order valence-electron chi connectivity index (χ3n) is 3.23. The number of aromatic nitrogens is 2. The summed E-state index contributed by atoms with van der Waals surface area (Å²) in [4.78, 5) is 33.3. The van der Waals surface area contributed by atoms with Crippen LogP contribution in [0.5, 0.6) is 0 Å². The SMILES string of the molecule is [C-]#[N+]c1sc2nc(-c3ccc([N+](=O)[O-])cc3)[nH]c(=O)c2c1C. The predicted molar refractivity (Wildman–Crippen MR) is 83.3 cm³/mol. The second kappa shape index (κ2) is 5.05. The minimum atomic E-state index is -0.492. The van der Waals surface area contributed by atoms with Crippen molar-refractivity contribution in [3.05, 3.63) is 61.7 Å². The van der Waals surface area contributed by atoms with Crippen molar-refractivity contribution >= 4 is 32.2 Å². The van der Waals surface area contributed by atoms with Gasteiger partial charge in [-0.3, -0.25) is 14.9 Å². The Bertz CT molecular complexity index is 996. The monoisotopic (exact) mass is 312 g/mol. The molecule has 8 heteroatoms. The van der Waals surface area contributed by atoms with Crippen LogP contribution in [0.1, 0.15) is 5.56 Å². The lowest BCUT2D eigenvalue weighted by atomic mass is 10.2. The number of rotatable bonds is 2. The van der Waals surface area contributed by atoms with Crippen LogP contribution >= 0.6 is 11.3 Å². The van der Waals surface area contributed by atoms with E-state index in [0.717, 1.165) is 11.3 Å². The van der Waals surface area contributed by atoms with E-state index in [1.54, 1.807) is 6.92 Å². The topological polar surface area (TPSA) is 93.2 Å². The first-order valence-corrected chi connectivity index (χ1v) is 6.98. The molecule has 7 nitrogen and oxygen atoms in total. The molecule has 3 aromatic rings. The van der Waals surface area contributed by atoms with Crippen LogP contribution in [0, 0.1) is 23.6 Å². The van der Waals surface area contributed by atoms with Crippen LogP contribution in [0.2, 0.25) is 0 Å². The van der Waals surface area contributed by atoms with Crippen LogP contribution in [0.4, 0.5) is 10.7 Å². The molecule has 0 atom stereocenters. The molecule has 0 aliphatic carbocycles. The van der Waals surface area contributed by atoms with E-state index in [2.05, 4.69) is 14.8 Å². The second-order valence-corrected chi connectivity index (χ2v) is 5.52. The molecule has 22 heavy (non-hydrogen) atoms. The number of non-ortho nitro benzene ring substituents is 1. The van der Waals surface area contributed by atoms with Crippen LogP contribution in [0.25, 0.3) is 26.4 Å². The van der Waals surface area contributed by atoms with Crippen molar-refractivity contribution in [2.24, 2.45) is 0 Å². The van der Waals surface area contributed by atoms with Gasteiger partial charge in [-0.15, -0.1) is 11.3 Å². The van der Waals surface area contributed by atoms with E-state index in [-0.39, 0.29) is 11.2 Å². The zero-order chi connectivity index (χ0) is 15.9. The number of thiophene rings is 1. The Kier molecular flexibility index (Phi) is 3.19. The van der Waals surface area contributed by atoms with E-state index in [1.807, 2.05) is 0 Å². The van der Waals surface area contributed by atoms with Crippen molar-refractivity contribution in [3.8, 4) is 11.4 Å². The number of hydrogen-bond acceptors (Lipinski definition) is 5. The van der Waals surface area contributed by atoms with Crippen molar-refractivity contribution in [3.63, 3.8) is 0 Å². The molecule has 0 aliphatic rings. The zero-order valence-electron chi connectivity index (χ0n) is 11.3. The number of nitro groups is 1. The van der Waals surface area contributed by atoms with Gasteiger partial charge in [0.2, 0.25) is 5.00 Å². The highest BCUT2D eigenvalue weighted by Gasteiger charge is 2.15. The molecule has 0 saturated carbocycles. The van der Waals surface area contributed by atoms with Gasteiger partial charge in [-0.1, -0.05) is 0 Å². The third kappa shape index (κ3) is 2.13. The maximum atomic E-state index is 12.2. The van der Waals surface area contributed by atoms with Crippen molar-refractivity contribution in [2.45, 2.75) is 6.92 Å². The first-order chi connectivity index (χ1) is 10.5. The number of fused-ring (bicyclic) bond motifs is 1. The minimum absolute atomic E-state index is 0.0329. The number of benzene rings is 1. The van der Waals surface area contributed by atoms with Crippen molar-refractivity contribution in [1.29, 1.82) is 0 Å². The van der Waals surface area contributed by atoms with E-state index < -0.39 is 4.92 Å². The Morgan fingerprint density at radius 1 is 1.36 bits per heavy atom. The van der Waals surface area contributed by atoms with Gasteiger partial charge >= 0.3 is 0 Å². The number of nitrogens with zero attached hydrogens (tertiary/aromatic N) is 3. The van der Waals surface area contributed by atoms with Gasteiger partial charge in [0, 0.05) is 17.7 Å². The van der Waals surface area contributed by atoms with E-state index in [0.29, 0.717) is 32.2 Å². The fourth-order valence-corrected chi connectivity index (χ4v) is 3.09. The van der Waals surface area contributed by atoms with Gasteiger partial charge in [-0.2, -0.15) is 0 Å². The van der Waals surface area contributed by atoms with E-state index in [1.165, 1.54) is 24.3 Å². The number of aryl methyl sites for hydroxylation is 1. The smallest absolute Gasteiger partial charge is 0.269 e. The Balaban J connectivity index is 2.18. The molecule has 108 valence electrons. The first-order valence-electron chi connectivity index (χ1n) is 6.17. The number of H-pyrrole nitrogens is 1. The highest BCUT2D eigenvalue weighted by atomic mass is 32.1. The molecule has 0 fully saturated rings. The van der Waals surface area contributed by atoms with Crippen LogP contribution < -0.4 is 5.56 Å². The largest absolute Gasteiger partial charge is 0.306 e. The summed E-state index contributed by atoms with van der Waals surface area (Å²) in [7, 11) is 0. The highest BCUT2D eigenvalue weighted by Crippen LogP contribution is 2.34. The summed E-state index contributed by atoms with van der Waals surface area (Å²) in [5.74, 6) is 0.324. The molecule has 2 heterocycles. The van der Waals surface area contributed by atoms with Crippen LogP contribution in [-0.2, 0) is 0 Å². The van der Waals surface area contributed by atoms with E-state index in [9.17, 15) is 14.9 Å². The maximum Gasteiger partial charge on any atom is 0.269 e. The summed E-state index contributed by atoms with van der Waals surface area (Å²) in [6.45, 7) is 8.82. The molecular weight excluding hydrogens is 304 g/mol. The summed E-state index contributed by atoms with van der Waals surface area (Å²) in [6.07, 6.45) is 0. The lowest BCUT2D eigenvalue weighted by molar-refractivity contribution is -0.384. The Hall–Kier alpha value is -3.05. The maximum absolute atomic E-state index is 12.2. The number of nitro benzene ring substituents is 1. The fourth-order valence-electron chi connectivity index (χ4n) is 2.12. The van der Waals surface area contributed by atoms with Gasteiger partial charge in [0.05, 0.1) is 16.9 Å². The second-order valence-electron chi connectivity index (χ2n) is 4.54. The normalized spacial score (nSPS) is 10.5. The van der Waals surface area contributed by atoms with Crippen LogP contribution in [0.15, 0.2) is 29.1 Å². The van der Waals surface area contributed by atoms with Gasteiger partial charge in [0.15, 0.2) is 0 Å². The zero-order valence-corrected chi connectivity index (χ0v) is 12.1. The van der Waals surface area contributed by atoms with Crippen LogP contribution in [0.3, 0.4) is 0 Å².